The van der Waals surface area contributed by atoms with Crippen LogP contribution in [0.25, 0.3) is 0 Å². The molecular formula is C25H27NO4S. The molecule has 31 heavy (non-hydrogen) atoms. The first-order chi connectivity index (χ1) is 14.8. The number of aryl methyl sites for hydroxylation is 3. The largest absolute Gasteiger partial charge is 0.494 e. The van der Waals surface area contributed by atoms with E-state index in [1.807, 2.05) is 50.2 Å². The first-order valence-electron chi connectivity index (χ1n) is 10.2. The molecule has 5 nitrogen and oxygen atoms in total. The number of anilines is 1. The zero-order chi connectivity index (χ0) is 22.4. The highest BCUT2D eigenvalue weighted by molar-refractivity contribution is 7.93. The SMILES string of the molecule is Cc1ccc(OCCCC(=O)N(c2cc(C)ccc2C)S(=O)(=O)c2ccccc2)cc1. The number of benzene rings is 3. The molecule has 0 fully saturated rings. The second-order valence-electron chi connectivity index (χ2n) is 7.53. The van der Waals surface area contributed by atoms with E-state index >= 15 is 0 Å². The third-order valence-corrected chi connectivity index (χ3v) is 6.67. The number of ether oxygens (including phenoxy) is 1. The molecule has 0 spiro atoms. The van der Waals surface area contributed by atoms with Gasteiger partial charge in [-0.05, 0) is 68.7 Å². The summed E-state index contributed by atoms with van der Waals surface area (Å²) in [5, 5.41) is 0. The van der Waals surface area contributed by atoms with Crippen molar-refractivity contribution in [2.75, 3.05) is 10.9 Å². The van der Waals surface area contributed by atoms with E-state index in [9.17, 15) is 13.2 Å². The summed E-state index contributed by atoms with van der Waals surface area (Å²) < 4.78 is 33.4. The fraction of sp³-hybridized carbons (Fsp3) is 0.240. The summed E-state index contributed by atoms with van der Waals surface area (Å²) in [7, 11) is -4.04. The van der Waals surface area contributed by atoms with E-state index in [0.29, 0.717) is 18.7 Å². The van der Waals surface area contributed by atoms with Crippen LogP contribution in [-0.2, 0) is 14.8 Å². The smallest absolute Gasteiger partial charge is 0.270 e. The van der Waals surface area contributed by atoms with Crippen molar-refractivity contribution in [1.29, 1.82) is 0 Å². The summed E-state index contributed by atoms with van der Waals surface area (Å²) in [6.45, 7) is 5.99. The predicted octanol–water partition coefficient (Wildman–Crippen LogP) is 5.19. The molecule has 3 aromatic carbocycles. The maximum Gasteiger partial charge on any atom is 0.270 e. The van der Waals surface area contributed by atoms with E-state index in [1.54, 1.807) is 31.2 Å². The van der Waals surface area contributed by atoms with Crippen molar-refractivity contribution in [3.8, 4) is 5.75 Å². The summed E-state index contributed by atoms with van der Waals surface area (Å²) in [4.78, 5) is 13.3. The highest BCUT2D eigenvalue weighted by atomic mass is 32.2. The van der Waals surface area contributed by atoms with Crippen LogP contribution in [0.15, 0.2) is 77.7 Å². The second-order valence-corrected chi connectivity index (χ2v) is 9.32. The standard InChI is InChI=1S/C25H27NO4S/c1-19-12-15-22(16-13-19)30-17-7-10-25(27)26(24-18-20(2)11-14-21(24)3)31(28,29)23-8-5-4-6-9-23/h4-6,8-9,11-16,18H,7,10,17H2,1-3H3. The van der Waals surface area contributed by atoms with E-state index in [-0.39, 0.29) is 11.3 Å². The van der Waals surface area contributed by atoms with E-state index < -0.39 is 15.9 Å². The van der Waals surface area contributed by atoms with Gasteiger partial charge >= 0.3 is 0 Å². The normalized spacial score (nSPS) is 11.2. The Bertz CT molecular complexity index is 1140. The molecule has 0 unspecified atom stereocenters. The molecular weight excluding hydrogens is 410 g/mol. The number of carbonyl (C=O) groups is 1. The van der Waals surface area contributed by atoms with Gasteiger partial charge in [0.15, 0.2) is 0 Å². The van der Waals surface area contributed by atoms with Crippen LogP contribution in [0.3, 0.4) is 0 Å². The highest BCUT2D eigenvalue weighted by Gasteiger charge is 2.31. The van der Waals surface area contributed by atoms with Gasteiger partial charge in [0, 0.05) is 6.42 Å². The Morgan fingerprint density at radius 2 is 1.52 bits per heavy atom. The minimum Gasteiger partial charge on any atom is -0.494 e. The zero-order valence-corrected chi connectivity index (χ0v) is 18.9. The third kappa shape index (κ3) is 5.52. The van der Waals surface area contributed by atoms with Crippen LogP contribution in [0.2, 0.25) is 0 Å². The van der Waals surface area contributed by atoms with Gasteiger partial charge < -0.3 is 4.74 Å². The van der Waals surface area contributed by atoms with Crippen LogP contribution < -0.4 is 9.04 Å². The number of nitrogens with zero attached hydrogens (tertiary/aromatic N) is 1. The van der Waals surface area contributed by atoms with Gasteiger partial charge in [0.05, 0.1) is 17.2 Å². The van der Waals surface area contributed by atoms with Crippen LogP contribution in [0, 0.1) is 20.8 Å². The molecule has 0 heterocycles. The monoisotopic (exact) mass is 437 g/mol. The number of carbonyl (C=O) groups excluding carboxylic acids is 1. The molecule has 0 aliphatic carbocycles. The molecule has 1 amide bonds. The predicted molar refractivity (Wildman–Crippen MR) is 123 cm³/mol. The Kier molecular flexibility index (Phi) is 7.13. The molecule has 0 aliphatic heterocycles. The number of hydrogen-bond acceptors (Lipinski definition) is 4. The molecule has 0 saturated carbocycles. The molecule has 6 heteroatoms. The van der Waals surface area contributed by atoms with Gasteiger partial charge in [-0.3, -0.25) is 4.79 Å². The highest BCUT2D eigenvalue weighted by Crippen LogP contribution is 2.29. The van der Waals surface area contributed by atoms with Crippen molar-refractivity contribution in [2.45, 2.75) is 38.5 Å². The van der Waals surface area contributed by atoms with Crippen molar-refractivity contribution in [1.82, 2.24) is 0 Å². The number of amides is 1. The summed E-state index contributed by atoms with van der Waals surface area (Å²) in [6, 6.07) is 21.1. The summed E-state index contributed by atoms with van der Waals surface area (Å²) in [5.41, 5.74) is 3.12. The molecule has 0 bridgehead atoms. The Balaban J connectivity index is 1.81. The Morgan fingerprint density at radius 3 is 2.19 bits per heavy atom. The molecule has 0 aliphatic rings. The zero-order valence-electron chi connectivity index (χ0n) is 18.0. The van der Waals surface area contributed by atoms with E-state index in [2.05, 4.69) is 0 Å². The van der Waals surface area contributed by atoms with Gasteiger partial charge in [0.1, 0.15) is 5.75 Å². The first kappa shape index (κ1) is 22.6. The molecule has 162 valence electrons. The number of rotatable bonds is 8. The lowest BCUT2D eigenvalue weighted by atomic mass is 10.1. The quantitative estimate of drug-likeness (QED) is 0.455. The van der Waals surface area contributed by atoms with Crippen LogP contribution in [-0.4, -0.2) is 20.9 Å². The van der Waals surface area contributed by atoms with Crippen LogP contribution in [0.1, 0.15) is 29.5 Å². The molecule has 0 atom stereocenters. The van der Waals surface area contributed by atoms with E-state index in [0.717, 1.165) is 26.7 Å². The van der Waals surface area contributed by atoms with Gasteiger partial charge in [0.25, 0.3) is 10.0 Å². The van der Waals surface area contributed by atoms with Crippen molar-refractivity contribution in [3.05, 3.63) is 89.5 Å². The fourth-order valence-corrected chi connectivity index (χ4v) is 4.71. The molecule has 0 aromatic heterocycles. The third-order valence-electron chi connectivity index (χ3n) is 4.92. The van der Waals surface area contributed by atoms with E-state index in [4.69, 9.17) is 4.74 Å². The minimum atomic E-state index is -4.04. The minimum absolute atomic E-state index is 0.0469. The molecule has 0 radical (unpaired) electrons. The summed E-state index contributed by atoms with van der Waals surface area (Å²) in [5.74, 6) is 0.242. The van der Waals surface area contributed by atoms with Crippen molar-refractivity contribution >= 4 is 21.6 Å². The number of hydrogen-bond donors (Lipinski definition) is 0. The van der Waals surface area contributed by atoms with Crippen molar-refractivity contribution < 1.29 is 17.9 Å². The summed E-state index contributed by atoms with van der Waals surface area (Å²) in [6.07, 6.45) is 0.448. The second kappa shape index (κ2) is 9.79. The van der Waals surface area contributed by atoms with Gasteiger partial charge in [-0.1, -0.05) is 48.0 Å². The van der Waals surface area contributed by atoms with Crippen molar-refractivity contribution in [3.63, 3.8) is 0 Å². The average molecular weight is 438 g/mol. The lowest BCUT2D eigenvalue weighted by molar-refractivity contribution is -0.117. The topological polar surface area (TPSA) is 63.7 Å². The number of sulfonamides is 1. The average Bonchev–Trinajstić information content (AvgIpc) is 2.75. The first-order valence-corrected chi connectivity index (χ1v) is 11.6. The fourth-order valence-electron chi connectivity index (χ4n) is 3.18. The van der Waals surface area contributed by atoms with Crippen LogP contribution >= 0.6 is 0 Å². The maximum atomic E-state index is 13.4. The van der Waals surface area contributed by atoms with Gasteiger partial charge in [0.2, 0.25) is 5.91 Å². The molecule has 3 aromatic rings. The Labute approximate surface area is 184 Å². The van der Waals surface area contributed by atoms with Gasteiger partial charge in [-0.15, -0.1) is 0 Å². The molecule has 0 saturated heterocycles. The lowest BCUT2D eigenvalue weighted by Crippen LogP contribution is -2.37. The molecule has 3 rings (SSSR count). The maximum absolute atomic E-state index is 13.4. The van der Waals surface area contributed by atoms with Crippen LogP contribution in [0.5, 0.6) is 5.75 Å². The molecule has 0 N–H and O–H groups in total. The van der Waals surface area contributed by atoms with Crippen LogP contribution in [0.4, 0.5) is 5.69 Å². The lowest BCUT2D eigenvalue weighted by Gasteiger charge is -2.25. The van der Waals surface area contributed by atoms with Crippen molar-refractivity contribution in [2.24, 2.45) is 0 Å². The Hall–Kier alpha value is -3.12. The Morgan fingerprint density at radius 1 is 0.871 bits per heavy atom. The van der Waals surface area contributed by atoms with Gasteiger partial charge in [-0.2, -0.15) is 0 Å². The van der Waals surface area contributed by atoms with Gasteiger partial charge in [-0.25, -0.2) is 12.7 Å². The summed E-state index contributed by atoms with van der Waals surface area (Å²) >= 11 is 0. The van der Waals surface area contributed by atoms with E-state index in [1.165, 1.54) is 12.1 Å².